The minimum Gasteiger partial charge on any atom is -0.491 e. The van der Waals surface area contributed by atoms with Crippen LogP contribution in [0.25, 0.3) is 10.9 Å². The number of ether oxygens (including phenoxy) is 1. The van der Waals surface area contributed by atoms with Crippen molar-refractivity contribution in [1.82, 2.24) is 4.98 Å². The van der Waals surface area contributed by atoms with Crippen LogP contribution < -0.4 is 10.4 Å². The van der Waals surface area contributed by atoms with E-state index in [1.807, 2.05) is 43.4 Å². The second-order valence-corrected chi connectivity index (χ2v) is 6.65. The number of benzene rings is 1. The standard InChI is InChI=1S/C14H15FINO3/c1-6-7-10(11(19-5)8(15)9(6)16)17-13(14(2,3)4)20-12(7)18/h1-5H3. The number of rotatable bonds is 1. The zero-order valence-corrected chi connectivity index (χ0v) is 14.1. The van der Waals surface area contributed by atoms with Crippen LogP contribution in [0.3, 0.4) is 0 Å². The second kappa shape index (κ2) is 4.98. The van der Waals surface area contributed by atoms with Gasteiger partial charge in [0.05, 0.1) is 16.1 Å². The molecule has 2 aromatic rings. The van der Waals surface area contributed by atoms with Crippen molar-refractivity contribution < 1.29 is 13.5 Å². The topological polar surface area (TPSA) is 52.3 Å². The Balaban J connectivity index is 3.04. The fourth-order valence-electron chi connectivity index (χ4n) is 1.90. The van der Waals surface area contributed by atoms with E-state index in [-0.39, 0.29) is 22.5 Å². The fraction of sp³-hybridized carbons (Fsp3) is 0.429. The summed E-state index contributed by atoms with van der Waals surface area (Å²) in [6.07, 6.45) is 0. The summed E-state index contributed by atoms with van der Waals surface area (Å²) < 4.78 is 25.0. The fourth-order valence-corrected chi connectivity index (χ4v) is 2.41. The number of hydrogen-bond acceptors (Lipinski definition) is 4. The summed E-state index contributed by atoms with van der Waals surface area (Å²) in [5, 5.41) is 0.264. The van der Waals surface area contributed by atoms with Crippen molar-refractivity contribution in [2.24, 2.45) is 0 Å². The van der Waals surface area contributed by atoms with Gasteiger partial charge in [-0.3, -0.25) is 0 Å². The molecule has 1 aromatic heterocycles. The Kier molecular flexibility index (Phi) is 3.79. The number of aryl methyl sites for hydroxylation is 1. The van der Waals surface area contributed by atoms with Gasteiger partial charge in [0.25, 0.3) is 0 Å². The van der Waals surface area contributed by atoms with Crippen molar-refractivity contribution in [3.05, 3.63) is 31.3 Å². The van der Waals surface area contributed by atoms with Gasteiger partial charge in [0.15, 0.2) is 11.6 Å². The highest BCUT2D eigenvalue weighted by Gasteiger charge is 2.25. The quantitative estimate of drug-likeness (QED) is 0.698. The van der Waals surface area contributed by atoms with Crippen LogP contribution in [-0.4, -0.2) is 12.1 Å². The molecule has 0 unspecified atom stereocenters. The third kappa shape index (κ3) is 2.30. The molecule has 0 aliphatic rings. The maximum atomic E-state index is 14.2. The summed E-state index contributed by atoms with van der Waals surface area (Å²) in [6.45, 7) is 7.27. The minimum absolute atomic E-state index is 0.0200. The van der Waals surface area contributed by atoms with E-state index in [0.717, 1.165) is 0 Å². The van der Waals surface area contributed by atoms with Crippen molar-refractivity contribution in [3.8, 4) is 5.75 Å². The number of aromatic nitrogens is 1. The summed E-state index contributed by atoms with van der Waals surface area (Å²) in [7, 11) is 1.36. The molecule has 0 radical (unpaired) electrons. The molecule has 0 spiro atoms. The SMILES string of the molecule is COc1c(F)c(I)c(C)c2c(=O)oc(C(C)(C)C)nc12. The lowest BCUT2D eigenvalue weighted by atomic mass is 9.96. The van der Waals surface area contributed by atoms with E-state index in [2.05, 4.69) is 4.98 Å². The Bertz CT molecular complexity index is 747. The van der Waals surface area contributed by atoms with Gasteiger partial charge in [0.2, 0.25) is 5.89 Å². The molecule has 0 saturated heterocycles. The predicted octanol–water partition coefficient (Wildman–Crippen LogP) is 3.55. The zero-order chi connectivity index (χ0) is 15.2. The molecule has 6 heteroatoms. The van der Waals surface area contributed by atoms with E-state index in [1.165, 1.54) is 7.11 Å². The molecule has 1 aromatic carbocycles. The van der Waals surface area contributed by atoms with Gasteiger partial charge in [-0.25, -0.2) is 14.2 Å². The molecule has 20 heavy (non-hydrogen) atoms. The van der Waals surface area contributed by atoms with Crippen molar-refractivity contribution in [2.75, 3.05) is 7.11 Å². The molecule has 108 valence electrons. The average Bonchev–Trinajstić information content (AvgIpc) is 2.35. The van der Waals surface area contributed by atoms with Crippen LogP contribution in [0.5, 0.6) is 5.75 Å². The van der Waals surface area contributed by atoms with E-state index in [0.29, 0.717) is 9.13 Å². The second-order valence-electron chi connectivity index (χ2n) is 5.57. The number of nitrogens with zero attached hydrogens (tertiary/aromatic N) is 1. The lowest BCUT2D eigenvalue weighted by Crippen LogP contribution is -2.19. The van der Waals surface area contributed by atoms with Gasteiger partial charge >= 0.3 is 5.63 Å². The molecule has 0 fully saturated rings. The largest absolute Gasteiger partial charge is 0.491 e. The van der Waals surface area contributed by atoms with Gasteiger partial charge in [-0.05, 0) is 35.1 Å². The number of methoxy groups -OCH3 is 1. The summed E-state index contributed by atoms with van der Waals surface area (Å²) in [4.78, 5) is 16.5. The zero-order valence-electron chi connectivity index (χ0n) is 11.9. The Morgan fingerprint density at radius 3 is 2.45 bits per heavy atom. The van der Waals surface area contributed by atoms with Gasteiger partial charge in [0, 0.05) is 5.41 Å². The summed E-state index contributed by atoms with van der Waals surface area (Å²) in [5.74, 6) is -0.266. The molecule has 0 amide bonds. The third-order valence-corrected chi connectivity index (χ3v) is 4.28. The smallest absolute Gasteiger partial charge is 0.347 e. The minimum atomic E-state index is -0.520. The Morgan fingerprint density at radius 1 is 1.35 bits per heavy atom. The Labute approximate surface area is 129 Å². The van der Waals surface area contributed by atoms with E-state index in [4.69, 9.17) is 9.15 Å². The van der Waals surface area contributed by atoms with Crippen molar-refractivity contribution in [1.29, 1.82) is 0 Å². The van der Waals surface area contributed by atoms with E-state index >= 15 is 0 Å². The van der Waals surface area contributed by atoms with Crippen molar-refractivity contribution in [2.45, 2.75) is 33.1 Å². The molecule has 0 atom stereocenters. The molecule has 0 bridgehead atoms. The first-order valence-corrected chi connectivity index (χ1v) is 7.13. The van der Waals surface area contributed by atoms with Crippen LogP contribution in [0.2, 0.25) is 0 Å². The lowest BCUT2D eigenvalue weighted by Gasteiger charge is -2.17. The van der Waals surface area contributed by atoms with Gasteiger partial charge < -0.3 is 9.15 Å². The highest BCUT2D eigenvalue weighted by molar-refractivity contribution is 14.1. The Hall–Kier alpha value is -1.18. The normalized spacial score (nSPS) is 11.9. The Morgan fingerprint density at radius 2 is 1.95 bits per heavy atom. The predicted molar refractivity (Wildman–Crippen MR) is 82.9 cm³/mol. The molecule has 1 heterocycles. The monoisotopic (exact) mass is 391 g/mol. The van der Waals surface area contributed by atoms with Crippen LogP contribution in [0.15, 0.2) is 9.21 Å². The highest BCUT2D eigenvalue weighted by atomic mass is 127. The molecule has 0 aliphatic heterocycles. The maximum absolute atomic E-state index is 14.2. The molecule has 4 nitrogen and oxygen atoms in total. The summed E-state index contributed by atoms with van der Waals surface area (Å²) >= 11 is 1.84. The van der Waals surface area contributed by atoms with Crippen molar-refractivity contribution >= 4 is 33.5 Å². The van der Waals surface area contributed by atoms with Gasteiger partial charge in [-0.1, -0.05) is 20.8 Å². The van der Waals surface area contributed by atoms with Gasteiger partial charge in [-0.2, -0.15) is 0 Å². The van der Waals surface area contributed by atoms with Crippen LogP contribution in [0, 0.1) is 16.3 Å². The highest BCUT2D eigenvalue weighted by Crippen LogP contribution is 2.34. The average molecular weight is 391 g/mol. The first-order valence-electron chi connectivity index (χ1n) is 6.05. The molecule has 0 aliphatic carbocycles. The maximum Gasteiger partial charge on any atom is 0.347 e. The van der Waals surface area contributed by atoms with Gasteiger partial charge in [0.1, 0.15) is 5.52 Å². The summed E-state index contributed by atoms with van der Waals surface area (Å²) in [5.41, 5.74) is -0.246. The van der Waals surface area contributed by atoms with E-state index in [9.17, 15) is 9.18 Å². The van der Waals surface area contributed by atoms with E-state index in [1.54, 1.807) is 6.92 Å². The number of halogens is 2. The summed E-state index contributed by atoms with van der Waals surface area (Å²) in [6, 6.07) is 0. The molecule has 0 saturated carbocycles. The molecular weight excluding hydrogens is 376 g/mol. The number of fused-ring (bicyclic) bond motifs is 1. The van der Waals surface area contributed by atoms with Gasteiger partial charge in [-0.15, -0.1) is 0 Å². The molecular formula is C14H15FINO3. The van der Waals surface area contributed by atoms with Crippen LogP contribution in [0.4, 0.5) is 4.39 Å². The lowest BCUT2D eigenvalue weighted by molar-refractivity contribution is 0.355. The van der Waals surface area contributed by atoms with E-state index < -0.39 is 16.9 Å². The van der Waals surface area contributed by atoms with Crippen LogP contribution >= 0.6 is 22.6 Å². The molecule has 0 N–H and O–H groups in total. The first-order chi connectivity index (χ1) is 9.18. The third-order valence-electron chi connectivity index (χ3n) is 3.00. The first kappa shape index (κ1) is 15.2. The number of hydrogen-bond donors (Lipinski definition) is 0. The van der Waals surface area contributed by atoms with Crippen LogP contribution in [-0.2, 0) is 5.41 Å². The van der Waals surface area contributed by atoms with Crippen molar-refractivity contribution in [3.63, 3.8) is 0 Å². The van der Waals surface area contributed by atoms with Crippen LogP contribution in [0.1, 0.15) is 32.2 Å². The molecule has 2 rings (SSSR count).